The molecule has 1 heterocycles. The van der Waals surface area contributed by atoms with E-state index < -0.39 is 4.92 Å². The van der Waals surface area contributed by atoms with Crippen molar-refractivity contribution < 1.29 is 14.4 Å². The Morgan fingerprint density at radius 2 is 2.03 bits per heavy atom. The second-order valence-corrected chi connectivity index (χ2v) is 7.16. The number of nitrogens with zero attached hydrogens (tertiary/aromatic N) is 4. The molecule has 3 rings (SSSR count). The molecule has 0 saturated carbocycles. The molecule has 1 N–H and O–H groups in total. The van der Waals surface area contributed by atoms with Crippen LogP contribution in [0.4, 0.5) is 11.5 Å². The molecule has 9 nitrogen and oxygen atoms in total. The van der Waals surface area contributed by atoms with Crippen LogP contribution in [0, 0.1) is 21.4 Å². The Balaban J connectivity index is 1.80. The van der Waals surface area contributed by atoms with Crippen LogP contribution >= 0.6 is 15.9 Å². The van der Waals surface area contributed by atoms with E-state index in [9.17, 15) is 15.4 Å². The molecule has 1 aromatic heterocycles. The maximum absolute atomic E-state index is 11.1. The minimum absolute atomic E-state index is 0.0333. The number of aromatic nitrogens is 1. The lowest BCUT2D eigenvalue weighted by atomic mass is 10.1. The van der Waals surface area contributed by atoms with Crippen LogP contribution in [-0.4, -0.2) is 22.7 Å². The summed E-state index contributed by atoms with van der Waals surface area (Å²) in [7, 11) is 0. The van der Waals surface area contributed by atoms with E-state index in [1.165, 1.54) is 24.5 Å². The second-order valence-electron chi connectivity index (χ2n) is 6.31. The van der Waals surface area contributed by atoms with E-state index in [1.54, 1.807) is 24.3 Å². The SMILES string of the molecule is CCOc1cc(/C=N\Nc2ncccc2[N+](=O)[O-])c(Br)cc1OCc1ccccc1C#N. The summed E-state index contributed by atoms with van der Waals surface area (Å²) >= 11 is 3.48. The van der Waals surface area contributed by atoms with Gasteiger partial charge in [0, 0.05) is 27.9 Å². The summed E-state index contributed by atoms with van der Waals surface area (Å²) in [5.74, 6) is 1.03. The highest BCUT2D eigenvalue weighted by Gasteiger charge is 2.14. The highest BCUT2D eigenvalue weighted by atomic mass is 79.9. The number of rotatable bonds is 9. The van der Waals surface area contributed by atoms with Gasteiger partial charge in [-0.3, -0.25) is 15.5 Å². The molecular formula is C22H18BrN5O4. The number of nitrogens with one attached hydrogen (secondary N) is 1. The minimum atomic E-state index is -0.537. The average Bonchev–Trinajstić information content (AvgIpc) is 2.80. The number of benzene rings is 2. The van der Waals surface area contributed by atoms with Crippen molar-refractivity contribution in [1.29, 1.82) is 5.26 Å². The van der Waals surface area contributed by atoms with Crippen molar-refractivity contribution in [1.82, 2.24) is 4.98 Å². The Morgan fingerprint density at radius 1 is 1.25 bits per heavy atom. The van der Waals surface area contributed by atoms with Crippen LogP contribution in [0.1, 0.15) is 23.6 Å². The number of anilines is 1. The first-order chi connectivity index (χ1) is 15.5. The van der Waals surface area contributed by atoms with Gasteiger partial charge in [-0.05, 0) is 47.1 Å². The fraction of sp³-hybridized carbons (Fsp3) is 0.136. The van der Waals surface area contributed by atoms with Crippen LogP contribution in [0.5, 0.6) is 11.5 Å². The molecule has 0 unspecified atom stereocenters. The molecule has 162 valence electrons. The molecule has 0 amide bonds. The molecule has 0 radical (unpaired) electrons. The van der Waals surface area contributed by atoms with Crippen LogP contribution in [0.2, 0.25) is 0 Å². The molecule has 2 aromatic carbocycles. The Hall–Kier alpha value is -3.97. The van der Waals surface area contributed by atoms with Gasteiger partial charge in [-0.25, -0.2) is 4.98 Å². The van der Waals surface area contributed by atoms with Crippen molar-refractivity contribution in [3.63, 3.8) is 0 Å². The maximum Gasteiger partial charge on any atom is 0.313 e. The van der Waals surface area contributed by atoms with Crippen LogP contribution in [0.25, 0.3) is 0 Å². The Morgan fingerprint density at radius 3 is 2.78 bits per heavy atom. The number of halogens is 1. The van der Waals surface area contributed by atoms with E-state index >= 15 is 0 Å². The van der Waals surface area contributed by atoms with E-state index in [-0.39, 0.29) is 18.1 Å². The normalized spacial score (nSPS) is 10.5. The zero-order chi connectivity index (χ0) is 22.9. The van der Waals surface area contributed by atoms with Crippen LogP contribution in [-0.2, 0) is 6.61 Å². The molecular weight excluding hydrogens is 478 g/mol. The number of hydrogen-bond donors (Lipinski definition) is 1. The molecule has 0 fully saturated rings. The van der Waals surface area contributed by atoms with Gasteiger partial charge in [-0.2, -0.15) is 10.4 Å². The lowest BCUT2D eigenvalue weighted by Crippen LogP contribution is -2.03. The van der Waals surface area contributed by atoms with Gasteiger partial charge >= 0.3 is 5.69 Å². The zero-order valence-electron chi connectivity index (χ0n) is 17.0. The first-order valence-electron chi connectivity index (χ1n) is 9.49. The lowest BCUT2D eigenvalue weighted by molar-refractivity contribution is -0.384. The topological polar surface area (TPSA) is 123 Å². The second kappa shape index (κ2) is 10.9. The van der Waals surface area contributed by atoms with Gasteiger partial charge in [-0.15, -0.1) is 0 Å². The molecule has 32 heavy (non-hydrogen) atoms. The molecule has 0 atom stereocenters. The fourth-order valence-corrected chi connectivity index (χ4v) is 3.16. The third-order valence-electron chi connectivity index (χ3n) is 4.24. The van der Waals surface area contributed by atoms with Crippen LogP contribution in [0.3, 0.4) is 0 Å². The first-order valence-corrected chi connectivity index (χ1v) is 10.3. The predicted molar refractivity (Wildman–Crippen MR) is 123 cm³/mol. The zero-order valence-corrected chi connectivity index (χ0v) is 18.6. The highest BCUT2D eigenvalue weighted by Crippen LogP contribution is 2.34. The number of hydrogen-bond acceptors (Lipinski definition) is 8. The monoisotopic (exact) mass is 495 g/mol. The van der Waals surface area contributed by atoms with Crippen molar-refractivity contribution in [2.75, 3.05) is 12.0 Å². The molecule has 3 aromatic rings. The van der Waals surface area contributed by atoms with Gasteiger partial charge in [-0.1, -0.05) is 18.2 Å². The van der Waals surface area contributed by atoms with Crippen LogP contribution in [0.15, 0.2) is 64.3 Å². The summed E-state index contributed by atoms with van der Waals surface area (Å²) in [6.45, 7) is 2.47. The minimum Gasteiger partial charge on any atom is -0.490 e. The van der Waals surface area contributed by atoms with Crippen molar-refractivity contribution in [3.8, 4) is 17.6 Å². The predicted octanol–water partition coefficient (Wildman–Crippen LogP) is 5.05. The summed E-state index contributed by atoms with van der Waals surface area (Å²) < 4.78 is 12.3. The van der Waals surface area contributed by atoms with E-state index in [0.29, 0.717) is 33.7 Å². The fourth-order valence-electron chi connectivity index (χ4n) is 2.73. The van der Waals surface area contributed by atoms with Gasteiger partial charge in [0.1, 0.15) is 6.61 Å². The van der Waals surface area contributed by atoms with Crippen molar-refractivity contribution in [2.45, 2.75) is 13.5 Å². The number of ether oxygens (including phenoxy) is 2. The molecule has 0 saturated heterocycles. The molecule has 0 bridgehead atoms. The highest BCUT2D eigenvalue weighted by molar-refractivity contribution is 9.10. The smallest absolute Gasteiger partial charge is 0.313 e. The number of nitro groups is 1. The Bertz CT molecular complexity index is 1190. The van der Waals surface area contributed by atoms with E-state index in [1.807, 2.05) is 19.1 Å². The molecule has 0 aliphatic rings. The van der Waals surface area contributed by atoms with Gasteiger partial charge in [0.15, 0.2) is 11.5 Å². The van der Waals surface area contributed by atoms with Crippen molar-refractivity contribution >= 4 is 33.6 Å². The number of pyridine rings is 1. The largest absolute Gasteiger partial charge is 0.490 e. The quantitative estimate of drug-likeness (QED) is 0.250. The van der Waals surface area contributed by atoms with Crippen molar-refractivity contribution in [3.05, 3.63) is 86.0 Å². The summed E-state index contributed by atoms with van der Waals surface area (Å²) in [6.07, 6.45) is 2.92. The maximum atomic E-state index is 11.1. The van der Waals surface area contributed by atoms with Crippen molar-refractivity contribution in [2.24, 2.45) is 5.10 Å². The Labute approximate surface area is 192 Å². The molecule has 0 spiro atoms. The summed E-state index contributed by atoms with van der Waals surface area (Å²) in [6, 6.07) is 15.6. The van der Waals surface area contributed by atoms with Crippen LogP contribution < -0.4 is 14.9 Å². The van der Waals surface area contributed by atoms with Gasteiger partial charge in [0.05, 0.1) is 29.4 Å². The molecule has 0 aliphatic carbocycles. The van der Waals surface area contributed by atoms with Gasteiger partial charge < -0.3 is 9.47 Å². The number of nitriles is 1. The number of hydrazone groups is 1. The van der Waals surface area contributed by atoms with E-state index in [2.05, 4.69) is 37.5 Å². The summed E-state index contributed by atoms with van der Waals surface area (Å²) in [5, 5.41) is 24.4. The summed E-state index contributed by atoms with van der Waals surface area (Å²) in [4.78, 5) is 14.5. The third-order valence-corrected chi connectivity index (χ3v) is 4.93. The Kier molecular flexibility index (Phi) is 7.72. The summed E-state index contributed by atoms with van der Waals surface area (Å²) in [5.41, 5.74) is 4.37. The van der Waals surface area contributed by atoms with E-state index in [4.69, 9.17) is 9.47 Å². The van der Waals surface area contributed by atoms with Gasteiger partial charge in [0.25, 0.3) is 0 Å². The lowest BCUT2D eigenvalue weighted by Gasteiger charge is -2.14. The third kappa shape index (κ3) is 5.59. The van der Waals surface area contributed by atoms with Gasteiger partial charge in [0.2, 0.25) is 5.82 Å². The van der Waals surface area contributed by atoms with E-state index in [0.717, 1.165) is 5.56 Å². The molecule has 10 heteroatoms. The standard InChI is InChI=1S/C22H18BrN5O4/c1-2-31-20-10-17(13-26-27-22-19(28(29)30)8-5-9-25-22)18(23)11-21(20)32-14-16-7-4-3-6-15(16)12-24/h3-11,13H,2,14H2,1H3,(H,25,27)/b26-13-. The first kappa shape index (κ1) is 22.7. The molecule has 0 aliphatic heterocycles. The average molecular weight is 496 g/mol.